The molecule has 0 N–H and O–H groups in total. The minimum absolute atomic E-state index is 1.07. The van der Waals surface area contributed by atoms with Gasteiger partial charge in [-0.25, -0.2) is 0 Å². The van der Waals surface area contributed by atoms with Gasteiger partial charge in [0.15, 0.2) is 0 Å². The van der Waals surface area contributed by atoms with E-state index < -0.39 is 0 Å². The lowest BCUT2D eigenvalue weighted by molar-refractivity contribution is 0.324. The van der Waals surface area contributed by atoms with Crippen molar-refractivity contribution in [2.75, 3.05) is 13.6 Å². The SMILES string of the molecule is Cc1ccsc1CN(C)CCCc1cnn(C)c1. The molecule has 2 aromatic rings. The molecule has 0 aliphatic heterocycles. The first kappa shape index (κ1) is 13.3. The topological polar surface area (TPSA) is 21.1 Å². The monoisotopic (exact) mass is 263 g/mol. The quantitative estimate of drug-likeness (QED) is 0.799. The summed E-state index contributed by atoms with van der Waals surface area (Å²) in [5.74, 6) is 0. The molecule has 0 amide bonds. The highest BCUT2D eigenvalue weighted by atomic mass is 32.1. The molecular weight excluding hydrogens is 242 g/mol. The molecule has 4 heteroatoms. The summed E-state index contributed by atoms with van der Waals surface area (Å²) in [5, 5.41) is 6.37. The molecule has 18 heavy (non-hydrogen) atoms. The van der Waals surface area contributed by atoms with Crippen LogP contribution in [0, 0.1) is 6.92 Å². The Kier molecular flexibility index (Phi) is 4.55. The van der Waals surface area contributed by atoms with Crippen molar-refractivity contribution in [1.29, 1.82) is 0 Å². The molecule has 98 valence electrons. The zero-order valence-electron chi connectivity index (χ0n) is 11.4. The van der Waals surface area contributed by atoms with Crippen LogP contribution >= 0.6 is 11.3 Å². The van der Waals surface area contributed by atoms with Gasteiger partial charge >= 0.3 is 0 Å². The van der Waals surface area contributed by atoms with Crippen molar-refractivity contribution in [3.63, 3.8) is 0 Å². The van der Waals surface area contributed by atoms with Crippen LogP contribution in [0.15, 0.2) is 23.8 Å². The van der Waals surface area contributed by atoms with Crippen LogP contribution in [0.25, 0.3) is 0 Å². The second kappa shape index (κ2) is 6.16. The highest BCUT2D eigenvalue weighted by Gasteiger charge is 2.04. The van der Waals surface area contributed by atoms with E-state index in [-0.39, 0.29) is 0 Å². The summed E-state index contributed by atoms with van der Waals surface area (Å²) in [6.45, 7) is 4.39. The van der Waals surface area contributed by atoms with Gasteiger partial charge in [-0.2, -0.15) is 5.10 Å². The van der Waals surface area contributed by atoms with Gasteiger partial charge in [0.2, 0.25) is 0 Å². The highest BCUT2D eigenvalue weighted by Crippen LogP contribution is 2.17. The van der Waals surface area contributed by atoms with E-state index >= 15 is 0 Å². The Bertz CT molecular complexity index is 487. The summed E-state index contributed by atoms with van der Waals surface area (Å²) in [6.07, 6.45) is 6.36. The van der Waals surface area contributed by atoms with Gasteiger partial charge in [-0.3, -0.25) is 4.68 Å². The third-order valence-electron chi connectivity index (χ3n) is 3.15. The lowest BCUT2D eigenvalue weighted by Crippen LogP contribution is -2.19. The summed E-state index contributed by atoms with van der Waals surface area (Å²) in [6, 6.07) is 2.20. The number of aromatic nitrogens is 2. The molecule has 0 aliphatic carbocycles. The van der Waals surface area contributed by atoms with Gasteiger partial charge in [-0.1, -0.05) is 0 Å². The lowest BCUT2D eigenvalue weighted by Gasteiger charge is -2.15. The summed E-state index contributed by atoms with van der Waals surface area (Å²) in [7, 11) is 4.16. The molecule has 0 saturated carbocycles. The van der Waals surface area contributed by atoms with Crippen molar-refractivity contribution >= 4 is 11.3 Å². The lowest BCUT2D eigenvalue weighted by atomic mass is 10.2. The van der Waals surface area contributed by atoms with Crippen LogP contribution < -0.4 is 0 Å². The van der Waals surface area contributed by atoms with E-state index in [9.17, 15) is 0 Å². The van der Waals surface area contributed by atoms with Gasteiger partial charge in [0, 0.05) is 24.7 Å². The summed E-state index contributed by atoms with van der Waals surface area (Å²) in [5.41, 5.74) is 2.75. The molecule has 0 aliphatic rings. The van der Waals surface area contributed by atoms with Crippen LogP contribution in [-0.4, -0.2) is 28.3 Å². The van der Waals surface area contributed by atoms with Crippen LogP contribution in [0.4, 0.5) is 0 Å². The fourth-order valence-corrected chi connectivity index (χ4v) is 3.03. The van der Waals surface area contributed by atoms with E-state index in [2.05, 4.69) is 41.6 Å². The number of hydrogen-bond acceptors (Lipinski definition) is 3. The minimum Gasteiger partial charge on any atom is -0.301 e. The summed E-state index contributed by atoms with van der Waals surface area (Å²) in [4.78, 5) is 3.88. The molecular formula is C14H21N3S. The van der Waals surface area contributed by atoms with E-state index in [1.807, 2.05) is 29.3 Å². The second-order valence-corrected chi connectivity index (χ2v) is 5.89. The maximum atomic E-state index is 4.19. The van der Waals surface area contributed by atoms with Gasteiger partial charge in [-0.15, -0.1) is 11.3 Å². The third kappa shape index (κ3) is 3.68. The fourth-order valence-electron chi connectivity index (χ4n) is 2.04. The normalized spacial score (nSPS) is 11.3. The Hall–Kier alpha value is -1.13. The third-order valence-corrected chi connectivity index (χ3v) is 4.15. The Morgan fingerprint density at radius 1 is 1.44 bits per heavy atom. The van der Waals surface area contributed by atoms with Gasteiger partial charge in [0.25, 0.3) is 0 Å². The standard InChI is InChI=1S/C14H21N3S/c1-12-6-8-18-14(12)11-16(2)7-4-5-13-9-15-17(3)10-13/h6,8-10H,4-5,7,11H2,1-3H3. The van der Waals surface area contributed by atoms with Gasteiger partial charge in [0.05, 0.1) is 6.20 Å². The van der Waals surface area contributed by atoms with E-state index in [4.69, 9.17) is 0 Å². The molecule has 0 fully saturated rings. The van der Waals surface area contributed by atoms with Crippen molar-refractivity contribution < 1.29 is 0 Å². The Morgan fingerprint density at radius 2 is 2.28 bits per heavy atom. The van der Waals surface area contributed by atoms with Crippen molar-refractivity contribution in [3.8, 4) is 0 Å². The van der Waals surface area contributed by atoms with Gasteiger partial charge in [-0.05, 0) is 55.9 Å². The molecule has 0 bridgehead atoms. The molecule has 0 saturated heterocycles. The number of rotatable bonds is 6. The number of aryl methyl sites for hydroxylation is 3. The van der Waals surface area contributed by atoms with Crippen molar-refractivity contribution in [1.82, 2.24) is 14.7 Å². The van der Waals surface area contributed by atoms with Crippen LogP contribution in [0.2, 0.25) is 0 Å². The first-order valence-electron chi connectivity index (χ1n) is 6.34. The predicted octanol–water partition coefficient (Wildman–Crippen LogP) is 2.85. The predicted molar refractivity (Wildman–Crippen MR) is 76.9 cm³/mol. The highest BCUT2D eigenvalue weighted by molar-refractivity contribution is 7.10. The first-order chi connectivity index (χ1) is 8.65. The van der Waals surface area contributed by atoms with Gasteiger partial charge < -0.3 is 4.90 Å². The number of thiophene rings is 1. The van der Waals surface area contributed by atoms with E-state index in [0.29, 0.717) is 0 Å². The maximum Gasteiger partial charge on any atom is 0.0521 e. The van der Waals surface area contributed by atoms with Crippen LogP contribution in [-0.2, 0) is 20.0 Å². The van der Waals surface area contributed by atoms with E-state index in [1.165, 1.54) is 22.4 Å². The molecule has 2 aromatic heterocycles. The molecule has 0 aromatic carbocycles. The van der Waals surface area contributed by atoms with Crippen LogP contribution in [0.3, 0.4) is 0 Å². The average Bonchev–Trinajstić information content (AvgIpc) is 2.89. The molecule has 2 rings (SSSR count). The fraction of sp³-hybridized carbons (Fsp3) is 0.500. The Balaban J connectivity index is 1.72. The van der Waals surface area contributed by atoms with E-state index in [0.717, 1.165) is 19.5 Å². The Morgan fingerprint density at radius 3 is 2.89 bits per heavy atom. The van der Waals surface area contributed by atoms with Crippen molar-refractivity contribution in [2.45, 2.75) is 26.3 Å². The second-order valence-electron chi connectivity index (χ2n) is 4.89. The molecule has 2 heterocycles. The molecule has 0 radical (unpaired) electrons. The van der Waals surface area contributed by atoms with E-state index in [1.54, 1.807) is 0 Å². The largest absolute Gasteiger partial charge is 0.301 e. The van der Waals surface area contributed by atoms with Gasteiger partial charge in [0.1, 0.15) is 0 Å². The van der Waals surface area contributed by atoms with Crippen LogP contribution in [0.5, 0.6) is 0 Å². The Labute approximate surface area is 113 Å². The summed E-state index contributed by atoms with van der Waals surface area (Å²) >= 11 is 1.86. The zero-order valence-corrected chi connectivity index (χ0v) is 12.2. The minimum atomic E-state index is 1.07. The zero-order chi connectivity index (χ0) is 13.0. The molecule has 0 atom stereocenters. The molecule has 0 spiro atoms. The maximum absolute atomic E-state index is 4.19. The van der Waals surface area contributed by atoms with Crippen molar-refractivity contribution in [3.05, 3.63) is 39.8 Å². The first-order valence-corrected chi connectivity index (χ1v) is 7.22. The number of nitrogens with zero attached hydrogens (tertiary/aromatic N) is 3. The van der Waals surface area contributed by atoms with Crippen LogP contribution in [0.1, 0.15) is 22.4 Å². The molecule has 0 unspecified atom stereocenters. The average molecular weight is 263 g/mol. The van der Waals surface area contributed by atoms with Crippen molar-refractivity contribution in [2.24, 2.45) is 7.05 Å². The smallest absolute Gasteiger partial charge is 0.0521 e. The molecule has 3 nitrogen and oxygen atoms in total. The number of hydrogen-bond donors (Lipinski definition) is 0. The summed E-state index contributed by atoms with van der Waals surface area (Å²) < 4.78 is 1.87.